The second kappa shape index (κ2) is 16.4. The zero-order chi connectivity index (χ0) is 32.1. The van der Waals surface area contributed by atoms with Crippen LogP contribution in [0, 0.1) is 0 Å². The number of esters is 1. The molecule has 42 heavy (non-hydrogen) atoms. The number of amides is 2. The largest absolute Gasteiger partial charge is 0.504 e. The van der Waals surface area contributed by atoms with Gasteiger partial charge in [0.05, 0.1) is 4.90 Å². The van der Waals surface area contributed by atoms with Crippen LogP contribution in [0.25, 0.3) is 6.08 Å². The van der Waals surface area contributed by atoms with Crippen molar-refractivity contribution in [3.63, 3.8) is 0 Å². The van der Waals surface area contributed by atoms with Gasteiger partial charge < -0.3 is 56.8 Å². The average molecular weight is 618 g/mol. The third kappa shape index (κ3) is 11.3. The Bertz CT molecular complexity index is 1250. The molecule has 0 aliphatic heterocycles. The molecule has 1 aromatic carbocycles. The van der Waals surface area contributed by atoms with E-state index in [0.29, 0.717) is 17.8 Å². The van der Waals surface area contributed by atoms with Crippen LogP contribution in [0.4, 0.5) is 0 Å². The molecular weight excluding hydrogens is 590 g/mol. The maximum Gasteiger partial charge on any atom is 0.348 e. The summed E-state index contributed by atoms with van der Waals surface area (Å²) in [6.45, 7) is -0.818. The van der Waals surface area contributed by atoms with E-state index in [0.717, 1.165) is 12.1 Å². The number of nitrogens with one attached hydrogen (secondary N) is 2. The smallest absolute Gasteiger partial charge is 0.348 e. The van der Waals surface area contributed by atoms with Gasteiger partial charge in [-0.1, -0.05) is 0 Å². The third-order valence-electron chi connectivity index (χ3n) is 5.03. The Balaban J connectivity index is 3.17. The van der Waals surface area contributed by atoms with E-state index in [1.54, 1.807) is 0 Å². The molecule has 4 unspecified atom stereocenters. The van der Waals surface area contributed by atoms with E-state index in [1.165, 1.54) is 6.07 Å². The number of aliphatic hydroxyl groups excluding tert-OH is 1. The summed E-state index contributed by atoms with van der Waals surface area (Å²) < 4.78 is 4.46. The van der Waals surface area contributed by atoms with Crippen molar-refractivity contribution in [3.05, 3.63) is 23.8 Å². The first kappa shape index (κ1) is 35.1. The number of phenols is 2. The zero-order valence-electron chi connectivity index (χ0n) is 21.3. The highest BCUT2D eigenvalue weighted by atomic mass is 32.2. The predicted molar refractivity (Wildman–Crippen MR) is 138 cm³/mol. The van der Waals surface area contributed by atoms with Gasteiger partial charge in [0.15, 0.2) is 17.6 Å². The Kier molecular flexibility index (Phi) is 13.7. The Morgan fingerprint density at radius 1 is 0.976 bits per heavy atom. The van der Waals surface area contributed by atoms with Crippen molar-refractivity contribution in [2.24, 2.45) is 5.73 Å². The first-order valence-electron chi connectivity index (χ1n) is 11.5. The fourth-order valence-corrected chi connectivity index (χ4v) is 3.99. The molecule has 18 nitrogen and oxygen atoms in total. The molecule has 0 saturated carbocycles. The number of carboxylic acids is 4. The van der Waals surface area contributed by atoms with Crippen LogP contribution in [-0.2, 0) is 38.3 Å². The van der Waals surface area contributed by atoms with Crippen molar-refractivity contribution in [1.29, 1.82) is 0 Å². The van der Waals surface area contributed by atoms with Gasteiger partial charge in [-0.3, -0.25) is 19.2 Å². The lowest BCUT2D eigenvalue weighted by Crippen LogP contribution is -2.49. The highest BCUT2D eigenvalue weighted by Gasteiger charge is 2.35. The predicted octanol–water partition coefficient (Wildman–Crippen LogP) is -2.48. The minimum Gasteiger partial charge on any atom is -0.504 e. The van der Waals surface area contributed by atoms with Crippen molar-refractivity contribution in [2.45, 2.75) is 42.0 Å². The van der Waals surface area contributed by atoms with Crippen LogP contribution in [0.5, 0.6) is 11.5 Å². The monoisotopic (exact) mass is 617 g/mol. The molecule has 0 fully saturated rings. The SMILES string of the molecule is NC(CCC(=O)NC(CSc1c(C=CC(=O)OC(C(=O)O)C(O)C(=O)O)ccc(O)c1O)C(=O)NCC(=O)O)C(=O)O. The lowest BCUT2D eigenvalue weighted by molar-refractivity contribution is -0.176. The van der Waals surface area contributed by atoms with E-state index in [2.05, 4.69) is 10.1 Å². The highest BCUT2D eigenvalue weighted by Crippen LogP contribution is 2.39. The molecule has 0 radical (unpaired) electrons. The maximum absolute atomic E-state index is 12.5. The fraction of sp³-hybridized carbons (Fsp3) is 0.348. The summed E-state index contributed by atoms with van der Waals surface area (Å²) in [4.78, 5) is 80.4. The van der Waals surface area contributed by atoms with Crippen LogP contribution in [0.2, 0.25) is 0 Å². The molecule has 0 saturated heterocycles. The normalized spacial score (nSPS) is 13.8. The van der Waals surface area contributed by atoms with Crippen LogP contribution in [0.15, 0.2) is 23.1 Å². The second-order valence-corrected chi connectivity index (χ2v) is 9.22. The number of phenolic OH excluding ortho intramolecular Hbond substituents is 2. The summed E-state index contributed by atoms with van der Waals surface area (Å²) in [6.07, 6.45) is -4.17. The third-order valence-corrected chi connectivity index (χ3v) is 6.24. The van der Waals surface area contributed by atoms with E-state index in [1.807, 2.05) is 5.32 Å². The Morgan fingerprint density at radius 2 is 1.62 bits per heavy atom. The molecule has 0 bridgehead atoms. The number of rotatable bonds is 17. The van der Waals surface area contributed by atoms with Gasteiger partial charge in [0.1, 0.15) is 18.6 Å². The number of benzene rings is 1. The Morgan fingerprint density at radius 3 is 2.17 bits per heavy atom. The number of hydrogen-bond donors (Lipinski definition) is 10. The first-order valence-corrected chi connectivity index (χ1v) is 12.5. The second-order valence-electron chi connectivity index (χ2n) is 8.19. The number of nitrogens with two attached hydrogens (primary N) is 1. The molecule has 19 heteroatoms. The van der Waals surface area contributed by atoms with Gasteiger partial charge in [0.2, 0.25) is 17.9 Å². The minimum atomic E-state index is -2.58. The number of carbonyl (C=O) groups is 7. The lowest BCUT2D eigenvalue weighted by Gasteiger charge is -2.19. The van der Waals surface area contributed by atoms with Gasteiger partial charge in [-0.05, 0) is 30.2 Å². The Hall–Kier alpha value is -4.88. The lowest BCUT2D eigenvalue weighted by atomic mass is 10.1. The van der Waals surface area contributed by atoms with Gasteiger partial charge in [0.25, 0.3) is 0 Å². The molecule has 230 valence electrons. The molecule has 1 aromatic rings. The standard InChI is InChI=1S/C23H27N3O15S/c24-10(21(35)36)3-5-13(28)26-11(20(34)25-7-14(29)30)8-42-19-9(1-4-12(27)16(19)32)2-6-15(31)41-18(23(39)40)17(33)22(37)38/h1-2,4,6,10-11,17-18,27,32-33H,3,5,7-8,24H2,(H,25,34)(H,26,28)(H,29,30)(H,35,36)(H,37,38)(H,39,40). The Labute approximate surface area is 239 Å². The van der Waals surface area contributed by atoms with Gasteiger partial charge in [-0.15, -0.1) is 11.8 Å². The minimum absolute atomic E-state index is 0.0265. The molecule has 0 aliphatic rings. The fourth-order valence-electron chi connectivity index (χ4n) is 2.87. The van der Waals surface area contributed by atoms with Crippen LogP contribution in [0.1, 0.15) is 18.4 Å². The molecule has 0 aliphatic carbocycles. The van der Waals surface area contributed by atoms with Crippen LogP contribution >= 0.6 is 11.8 Å². The number of aromatic hydroxyl groups is 2. The topological polar surface area (TPSA) is 320 Å². The summed E-state index contributed by atoms with van der Waals surface area (Å²) >= 11 is 0.642. The number of aliphatic hydroxyl groups is 1. The zero-order valence-corrected chi connectivity index (χ0v) is 22.1. The average Bonchev–Trinajstić information content (AvgIpc) is 2.91. The van der Waals surface area contributed by atoms with Crippen molar-refractivity contribution in [3.8, 4) is 11.5 Å². The summed E-state index contributed by atoms with van der Waals surface area (Å²) in [7, 11) is 0. The number of thioether (sulfide) groups is 1. The molecule has 2 amide bonds. The van der Waals surface area contributed by atoms with Crippen molar-refractivity contribution in [2.75, 3.05) is 12.3 Å². The summed E-state index contributed by atoms with van der Waals surface area (Å²) in [5.41, 5.74) is 5.32. The summed E-state index contributed by atoms with van der Waals surface area (Å²) in [5, 5.41) is 69.5. The van der Waals surface area contributed by atoms with E-state index >= 15 is 0 Å². The molecule has 0 aromatic heterocycles. The molecular formula is C23H27N3O15S. The van der Waals surface area contributed by atoms with Crippen molar-refractivity contribution in [1.82, 2.24) is 10.6 Å². The van der Waals surface area contributed by atoms with Gasteiger partial charge in [0, 0.05) is 18.2 Å². The summed E-state index contributed by atoms with van der Waals surface area (Å²) in [6, 6.07) is -0.649. The van der Waals surface area contributed by atoms with E-state index < -0.39 is 96.2 Å². The molecule has 0 heterocycles. The first-order chi connectivity index (χ1) is 19.5. The quantitative estimate of drug-likeness (QED) is 0.0374. The van der Waals surface area contributed by atoms with Crippen LogP contribution in [0.3, 0.4) is 0 Å². The molecule has 4 atom stereocenters. The van der Waals surface area contributed by atoms with Crippen LogP contribution < -0.4 is 16.4 Å². The highest BCUT2D eigenvalue weighted by molar-refractivity contribution is 7.99. The maximum atomic E-state index is 12.5. The van der Waals surface area contributed by atoms with Gasteiger partial charge >= 0.3 is 29.8 Å². The van der Waals surface area contributed by atoms with E-state index in [9.17, 15) is 48.9 Å². The molecule has 11 N–H and O–H groups in total. The summed E-state index contributed by atoms with van der Waals surface area (Å²) in [5.74, 6) is -11.7. The van der Waals surface area contributed by atoms with E-state index in [-0.39, 0.29) is 16.9 Å². The number of carboxylic acid groups (broad SMARTS) is 4. The number of carbonyl (C=O) groups excluding carboxylic acids is 3. The van der Waals surface area contributed by atoms with Gasteiger partial charge in [-0.2, -0.15) is 0 Å². The van der Waals surface area contributed by atoms with Crippen molar-refractivity contribution < 1.29 is 74.0 Å². The van der Waals surface area contributed by atoms with Crippen LogP contribution in [-0.4, -0.2) is 114 Å². The van der Waals surface area contributed by atoms with Crippen molar-refractivity contribution >= 4 is 59.5 Å². The van der Waals surface area contributed by atoms with Gasteiger partial charge in [-0.25, -0.2) is 14.4 Å². The number of ether oxygens (including phenoxy) is 1. The molecule has 0 spiro atoms. The van der Waals surface area contributed by atoms with E-state index in [4.69, 9.17) is 26.2 Å². The number of hydrogen-bond acceptors (Lipinski definition) is 13. The molecule has 1 rings (SSSR count). The number of aliphatic carboxylic acids is 4.